The van der Waals surface area contributed by atoms with Crippen molar-refractivity contribution in [2.75, 3.05) is 23.9 Å². The van der Waals surface area contributed by atoms with Crippen molar-refractivity contribution in [2.45, 2.75) is 32.2 Å². The minimum absolute atomic E-state index is 0.0102. The second-order valence-electron chi connectivity index (χ2n) is 4.37. The number of halogens is 1. The Morgan fingerprint density at radius 2 is 2.06 bits per heavy atom. The predicted octanol–water partition coefficient (Wildman–Crippen LogP) is 1.86. The van der Waals surface area contributed by atoms with Crippen LogP contribution >= 0.6 is 11.6 Å². The van der Waals surface area contributed by atoms with E-state index in [9.17, 15) is 4.79 Å². The summed E-state index contributed by atoms with van der Waals surface area (Å²) < 4.78 is 1.52. The van der Waals surface area contributed by atoms with Gasteiger partial charge >= 0.3 is 0 Å². The molecule has 2 heterocycles. The third-order valence-electron chi connectivity index (χ3n) is 3.08. The number of aromatic nitrogens is 2. The number of nitrogens with zero attached hydrogens (tertiary/aromatic N) is 3. The number of alkyl halides is 1. The second-order valence-corrected chi connectivity index (χ2v) is 4.74. The van der Waals surface area contributed by atoms with Crippen LogP contribution in [0.25, 0.3) is 0 Å². The van der Waals surface area contributed by atoms with Gasteiger partial charge in [-0.15, -0.1) is 11.6 Å². The average molecular weight is 256 g/mol. The fourth-order valence-electron chi connectivity index (χ4n) is 2.10. The van der Waals surface area contributed by atoms with Gasteiger partial charge in [0.05, 0.1) is 11.9 Å². The number of unbranched alkanes of at least 4 members (excludes halogenated alkanes) is 1. The smallest absolute Gasteiger partial charge is 0.268 e. The van der Waals surface area contributed by atoms with Gasteiger partial charge in [0.25, 0.3) is 5.56 Å². The van der Waals surface area contributed by atoms with Crippen LogP contribution in [0, 0.1) is 0 Å². The van der Waals surface area contributed by atoms with E-state index < -0.39 is 0 Å². The van der Waals surface area contributed by atoms with Gasteiger partial charge in [-0.1, -0.05) is 0 Å². The summed E-state index contributed by atoms with van der Waals surface area (Å²) in [5, 5.41) is 4.21. The van der Waals surface area contributed by atoms with Crippen molar-refractivity contribution in [1.82, 2.24) is 9.78 Å². The lowest BCUT2D eigenvalue weighted by Crippen LogP contribution is -2.26. The molecule has 4 nitrogen and oxygen atoms in total. The van der Waals surface area contributed by atoms with Crippen LogP contribution < -0.4 is 10.5 Å². The highest BCUT2D eigenvalue weighted by molar-refractivity contribution is 6.17. The first-order valence-electron chi connectivity index (χ1n) is 6.19. The largest absolute Gasteiger partial charge is 0.370 e. The molecule has 0 atom stereocenters. The highest BCUT2D eigenvalue weighted by Crippen LogP contribution is 2.16. The molecule has 0 N–H and O–H groups in total. The summed E-state index contributed by atoms with van der Waals surface area (Å²) in [4.78, 5) is 14.1. The predicted molar refractivity (Wildman–Crippen MR) is 69.9 cm³/mol. The molecule has 1 aliphatic heterocycles. The highest BCUT2D eigenvalue weighted by Gasteiger charge is 2.13. The van der Waals surface area contributed by atoms with Gasteiger partial charge in [0, 0.05) is 31.6 Å². The van der Waals surface area contributed by atoms with Gasteiger partial charge in [-0.25, -0.2) is 4.68 Å². The lowest BCUT2D eigenvalue weighted by Gasteiger charge is -2.16. The zero-order valence-electron chi connectivity index (χ0n) is 9.94. The van der Waals surface area contributed by atoms with Crippen LogP contribution in [-0.4, -0.2) is 28.8 Å². The fourth-order valence-corrected chi connectivity index (χ4v) is 2.29. The van der Waals surface area contributed by atoms with Crippen molar-refractivity contribution < 1.29 is 0 Å². The normalized spacial score (nSPS) is 15.5. The van der Waals surface area contributed by atoms with Gasteiger partial charge in [0.1, 0.15) is 0 Å². The molecule has 1 saturated heterocycles. The van der Waals surface area contributed by atoms with Crippen molar-refractivity contribution >= 4 is 17.3 Å². The standard InChI is InChI=1S/C12H18ClN3O/c13-5-1-2-8-16-12(17)9-11(10-14-16)15-6-3-4-7-15/h9-10H,1-8H2. The van der Waals surface area contributed by atoms with Gasteiger partial charge in [0.15, 0.2) is 0 Å². The maximum absolute atomic E-state index is 11.8. The summed E-state index contributed by atoms with van der Waals surface area (Å²) in [6.07, 6.45) is 6.04. The van der Waals surface area contributed by atoms with E-state index in [0.717, 1.165) is 31.6 Å². The highest BCUT2D eigenvalue weighted by atomic mass is 35.5. The fraction of sp³-hybridized carbons (Fsp3) is 0.667. The first kappa shape index (κ1) is 12.4. The first-order valence-corrected chi connectivity index (χ1v) is 6.73. The molecule has 0 spiro atoms. The van der Waals surface area contributed by atoms with Gasteiger partial charge in [0.2, 0.25) is 0 Å². The van der Waals surface area contributed by atoms with E-state index in [0.29, 0.717) is 12.4 Å². The summed E-state index contributed by atoms with van der Waals surface area (Å²) in [6.45, 7) is 2.74. The second kappa shape index (κ2) is 6.05. The maximum Gasteiger partial charge on any atom is 0.268 e. The SMILES string of the molecule is O=c1cc(N2CCCC2)cnn1CCCCCl. The molecule has 5 heteroatoms. The molecule has 2 rings (SSSR count). The van der Waals surface area contributed by atoms with Crippen molar-refractivity contribution in [3.05, 3.63) is 22.6 Å². The van der Waals surface area contributed by atoms with E-state index >= 15 is 0 Å². The molecular weight excluding hydrogens is 238 g/mol. The Bertz CT molecular complexity index is 412. The number of hydrogen-bond acceptors (Lipinski definition) is 3. The number of anilines is 1. The number of hydrogen-bond donors (Lipinski definition) is 0. The molecule has 94 valence electrons. The molecule has 1 fully saturated rings. The Morgan fingerprint density at radius 3 is 2.71 bits per heavy atom. The topological polar surface area (TPSA) is 38.1 Å². The Kier molecular flexibility index (Phi) is 4.42. The maximum atomic E-state index is 11.8. The first-order chi connectivity index (χ1) is 8.31. The third-order valence-corrected chi connectivity index (χ3v) is 3.35. The van der Waals surface area contributed by atoms with Crippen LogP contribution in [0.5, 0.6) is 0 Å². The van der Waals surface area contributed by atoms with Crippen molar-refractivity contribution in [2.24, 2.45) is 0 Å². The zero-order chi connectivity index (χ0) is 12.1. The van der Waals surface area contributed by atoms with Crippen LogP contribution in [0.1, 0.15) is 25.7 Å². The minimum atomic E-state index is -0.0102. The molecule has 0 aliphatic carbocycles. The molecule has 17 heavy (non-hydrogen) atoms. The van der Waals surface area contributed by atoms with Crippen LogP contribution in [0.2, 0.25) is 0 Å². The third kappa shape index (κ3) is 3.22. The Morgan fingerprint density at radius 1 is 1.29 bits per heavy atom. The summed E-state index contributed by atoms with van der Waals surface area (Å²) in [5.41, 5.74) is 0.949. The van der Waals surface area contributed by atoms with Crippen LogP contribution in [0.3, 0.4) is 0 Å². The molecule has 1 aromatic rings. The van der Waals surface area contributed by atoms with E-state index in [2.05, 4.69) is 10.00 Å². The number of rotatable bonds is 5. The van der Waals surface area contributed by atoms with E-state index in [1.54, 1.807) is 12.3 Å². The summed E-state index contributed by atoms with van der Waals surface area (Å²) in [5.74, 6) is 0.639. The van der Waals surface area contributed by atoms with Crippen molar-refractivity contribution in [3.8, 4) is 0 Å². The molecular formula is C12H18ClN3O. The van der Waals surface area contributed by atoms with Crippen LogP contribution in [0.15, 0.2) is 17.1 Å². The molecule has 1 aromatic heterocycles. The molecule has 0 aromatic carbocycles. The molecule has 1 aliphatic rings. The molecule has 0 bridgehead atoms. The summed E-state index contributed by atoms with van der Waals surface area (Å²) in [7, 11) is 0. The van der Waals surface area contributed by atoms with Crippen molar-refractivity contribution in [1.29, 1.82) is 0 Å². The lowest BCUT2D eigenvalue weighted by molar-refractivity contribution is 0.543. The van der Waals surface area contributed by atoms with Crippen LogP contribution in [0.4, 0.5) is 5.69 Å². The zero-order valence-corrected chi connectivity index (χ0v) is 10.7. The Hall–Kier alpha value is -1.03. The van der Waals surface area contributed by atoms with Gasteiger partial charge in [-0.3, -0.25) is 4.79 Å². The summed E-state index contributed by atoms with van der Waals surface area (Å²) in [6, 6.07) is 1.69. The van der Waals surface area contributed by atoms with Crippen LogP contribution in [-0.2, 0) is 6.54 Å². The van der Waals surface area contributed by atoms with Gasteiger partial charge in [-0.05, 0) is 25.7 Å². The Labute approximate surface area is 106 Å². The van der Waals surface area contributed by atoms with E-state index in [1.807, 2.05) is 0 Å². The van der Waals surface area contributed by atoms with E-state index in [4.69, 9.17) is 11.6 Å². The van der Waals surface area contributed by atoms with Crippen molar-refractivity contribution in [3.63, 3.8) is 0 Å². The molecule has 0 radical (unpaired) electrons. The summed E-state index contributed by atoms with van der Waals surface area (Å²) >= 11 is 5.60. The van der Waals surface area contributed by atoms with E-state index in [-0.39, 0.29) is 5.56 Å². The monoisotopic (exact) mass is 255 g/mol. The average Bonchev–Trinajstić information content (AvgIpc) is 2.85. The number of aryl methyl sites for hydroxylation is 1. The minimum Gasteiger partial charge on any atom is -0.370 e. The molecule has 0 unspecified atom stereocenters. The quantitative estimate of drug-likeness (QED) is 0.596. The Balaban J connectivity index is 2.03. The van der Waals surface area contributed by atoms with Gasteiger partial charge in [-0.2, -0.15) is 5.10 Å². The molecule has 0 saturated carbocycles. The lowest BCUT2D eigenvalue weighted by atomic mass is 10.3. The van der Waals surface area contributed by atoms with Gasteiger partial charge < -0.3 is 4.90 Å². The molecule has 0 amide bonds. The van der Waals surface area contributed by atoms with E-state index in [1.165, 1.54) is 17.5 Å².